The summed E-state index contributed by atoms with van der Waals surface area (Å²) in [7, 11) is 0. The van der Waals surface area contributed by atoms with Crippen LogP contribution < -0.4 is 5.32 Å². The lowest BCUT2D eigenvalue weighted by atomic mass is 9.96. The number of pyridine rings is 1. The van der Waals surface area contributed by atoms with Gasteiger partial charge in [0.1, 0.15) is 22.0 Å². The Labute approximate surface area is 167 Å². The van der Waals surface area contributed by atoms with Gasteiger partial charge in [0.25, 0.3) is 0 Å². The van der Waals surface area contributed by atoms with E-state index in [4.69, 9.17) is 16.3 Å². The highest BCUT2D eigenvalue weighted by molar-refractivity contribution is 6.50. The Morgan fingerprint density at radius 2 is 1.82 bits per heavy atom. The molecule has 0 amide bonds. The molecule has 144 valence electrons. The molecule has 0 radical (unpaired) electrons. The Balaban J connectivity index is 1.92. The van der Waals surface area contributed by atoms with Gasteiger partial charge in [-0.25, -0.2) is 9.78 Å². The molecular weight excluding hydrogens is 380 g/mol. The van der Waals surface area contributed by atoms with Gasteiger partial charge in [0.2, 0.25) is 11.6 Å². The number of ether oxygens (including phenoxy) is 1. The highest BCUT2D eigenvalue weighted by Crippen LogP contribution is 2.29. The minimum Gasteiger partial charge on any atom is -0.456 e. The first-order valence-corrected chi connectivity index (χ1v) is 9.02. The zero-order chi connectivity index (χ0) is 20.6. The van der Waals surface area contributed by atoms with Crippen LogP contribution in [-0.2, 0) is 4.74 Å². The first kappa shape index (κ1) is 19.8. The summed E-state index contributed by atoms with van der Waals surface area (Å²) in [6.45, 7) is 7.05. The highest BCUT2D eigenvalue weighted by Gasteiger charge is 2.33. The predicted octanol–water partition coefficient (Wildman–Crippen LogP) is 4.29. The molecule has 0 aliphatic heterocycles. The zero-order valence-corrected chi connectivity index (χ0v) is 16.7. The van der Waals surface area contributed by atoms with Gasteiger partial charge in [-0.1, -0.05) is 17.7 Å². The van der Waals surface area contributed by atoms with Crippen LogP contribution in [0.3, 0.4) is 0 Å². The van der Waals surface area contributed by atoms with Crippen molar-refractivity contribution in [1.82, 2.24) is 4.98 Å². The molecule has 28 heavy (non-hydrogen) atoms. The number of ketones is 2. The number of carbonyl (C=O) groups excluding carboxylic acids is 3. The number of benzene rings is 1. The Kier molecular flexibility index (Phi) is 5.08. The van der Waals surface area contributed by atoms with Crippen molar-refractivity contribution in [2.24, 2.45) is 0 Å². The van der Waals surface area contributed by atoms with Crippen LogP contribution in [0.15, 0.2) is 47.1 Å². The molecule has 0 saturated carbocycles. The number of nitrogens with zero attached hydrogens (tertiary/aromatic N) is 1. The van der Waals surface area contributed by atoms with Gasteiger partial charge < -0.3 is 10.1 Å². The van der Waals surface area contributed by atoms with E-state index in [1.807, 2.05) is 0 Å². The first-order valence-electron chi connectivity index (χ1n) is 8.64. The Morgan fingerprint density at radius 3 is 2.50 bits per heavy atom. The molecule has 3 rings (SSSR count). The predicted molar refractivity (Wildman–Crippen MR) is 106 cm³/mol. The molecule has 1 aromatic heterocycles. The van der Waals surface area contributed by atoms with E-state index < -0.39 is 23.1 Å². The third kappa shape index (κ3) is 3.97. The lowest BCUT2D eigenvalue weighted by Crippen LogP contribution is -2.26. The topological polar surface area (TPSA) is 85.4 Å². The van der Waals surface area contributed by atoms with Gasteiger partial charge >= 0.3 is 5.97 Å². The molecule has 0 bridgehead atoms. The molecule has 0 unspecified atom stereocenters. The molecule has 1 N–H and O–H groups in total. The largest absolute Gasteiger partial charge is 0.456 e. The van der Waals surface area contributed by atoms with Gasteiger partial charge in [0.05, 0.1) is 11.1 Å². The maximum atomic E-state index is 12.8. The third-order valence-corrected chi connectivity index (χ3v) is 4.27. The molecule has 0 saturated heterocycles. The molecule has 0 fully saturated rings. The van der Waals surface area contributed by atoms with E-state index >= 15 is 0 Å². The summed E-state index contributed by atoms with van der Waals surface area (Å²) >= 11 is 6.16. The molecule has 1 heterocycles. The standard InChI is InChI=1S/C21H19ClN2O4/c1-11-8-9-14-16(23-11)19(26)15(22)17(18(14)25)24-13-7-5-6-12(10-13)20(27)28-21(2,3)4/h5-10,24H,1-4H3. The maximum absolute atomic E-state index is 12.8. The number of anilines is 1. The van der Waals surface area contributed by atoms with E-state index in [1.54, 1.807) is 58.0 Å². The van der Waals surface area contributed by atoms with Crippen LogP contribution in [-0.4, -0.2) is 28.1 Å². The number of allylic oxidation sites excluding steroid dienone is 2. The number of Topliss-reactive ketones (excluding diaryl/α,β-unsaturated/α-hetero) is 2. The van der Waals surface area contributed by atoms with Crippen LogP contribution in [0.5, 0.6) is 0 Å². The van der Waals surface area contributed by atoms with E-state index in [9.17, 15) is 14.4 Å². The van der Waals surface area contributed by atoms with Gasteiger partial charge in [-0.3, -0.25) is 9.59 Å². The molecule has 1 aliphatic rings. The van der Waals surface area contributed by atoms with Gasteiger partial charge in [0, 0.05) is 11.4 Å². The van der Waals surface area contributed by atoms with Crippen molar-refractivity contribution in [1.29, 1.82) is 0 Å². The maximum Gasteiger partial charge on any atom is 0.338 e. The van der Waals surface area contributed by atoms with E-state index in [0.717, 1.165) is 0 Å². The smallest absolute Gasteiger partial charge is 0.338 e. The van der Waals surface area contributed by atoms with Crippen molar-refractivity contribution in [3.05, 3.63) is 69.6 Å². The van der Waals surface area contributed by atoms with Crippen LogP contribution in [0.2, 0.25) is 0 Å². The molecular formula is C21H19ClN2O4. The summed E-state index contributed by atoms with van der Waals surface area (Å²) < 4.78 is 5.35. The van der Waals surface area contributed by atoms with Crippen LogP contribution in [0.1, 0.15) is 57.7 Å². The summed E-state index contributed by atoms with van der Waals surface area (Å²) in [5.74, 6) is -1.45. The molecule has 6 nitrogen and oxygen atoms in total. The van der Waals surface area contributed by atoms with Crippen molar-refractivity contribution >= 4 is 34.8 Å². The minimum atomic E-state index is -0.632. The average molecular weight is 399 g/mol. The number of hydrogen-bond donors (Lipinski definition) is 1. The summed E-state index contributed by atoms with van der Waals surface area (Å²) in [6, 6.07) is 9.65. The van der Waals surface area contributed by atoms with Crippen molar-refractivity contribution in [3.8, 4) is 0 Å². The number of esters is 1. The van der Waals surface area contributed by atoms with Crippen LogP contribution in [0.25, 0.3) is 0 Å². The summed E-state index contributed by atoms with van der Waals surface area (Å²) in [5.41, 5.74) is 0.906. The monoisotopic (exact) mass is 398 g/mol. The number of hydrogen-bond acceptors (Lipinski definition) is 6. The fraction of sp³-hybridized carbons (Fsp3) is 0.238. The Morgan fingerprint density at radius 1 is 1.11 bits per heavy atom. The van der Waals surface area contributed by atoms with Gasteiger partial charge in [-0.2, -0.15) is 0 Å². The van der Waals surface area contributed by atoms with Crippen molar-refractivity contribution < 1.29 is 19.1 Å². The van der Waals surface area contributed by atoms with Crippen molar-refractivity contribution in [3.63, 3.8) is 0 Å². The first-order chi connectivity index (χ1) is 13.1. The number of halogens is 1. The molecule has 1 aromatic carbocycles. The number of carbonyl (C=O) groups is 3. The number of rotatable bonds is 3. The summed E-state index contributed by atoms with van der Waals surface area (Å²) in [6.07, 6.45) is 0. The molecule has 2 aromatic rings. The van der Waals surface area contributed by atoms with E-state index in [1.165, 1.54) is 6.07 Å². The fourth-order valence-electron chi connectivity index (χ4n) is 2.68. The second-order valence-corrected chi connectivity index (χ2v) is 7.78. The van der Waals surface area contributed by atoms with Crippen molar-refractivity contribution in [2.75, 3.05) is 5.32 Å². The highest BCUT2D eigenvalue weighted by atomic mass is 35.5. The van der Waals surface area contributed by atoms with E-state index in [2.05, 4.69) is 10.3 Å². The summed E-state index contributed by atoms with van der Waals surface area (Å²) in [4.78, 5) is 41.7. The van der Waals surface area contributed by atoms with E-state index in [-0.39, 0.29) is 22.0 Å². The number of aryl methyl sites for hydroxylation is 1. The summed E-state index contributed by atoms with van der Waals surface area (Å²) in [5, 5.41) is 2.63. The Hall–Kier alpha value is -2.99. The number of aromatic nitrogens is 1. The molecule has 0 spiro atoms. The van der Waals surface area contributed by atoms with Crippen LogP contribution in [0.4, 0.5) is 5.69 Å². The lowest BCUT2D eigenvalue weighted by Gasteiger charge is -2.20. The number of nitrogens with one attached hydrogen (secondary N) is 1. The Bertz CT molecular complexity index is 1030. The third-order valence-electron chi connectivity index (χ3n) is 3.91. The van der Waals surface area contributed by atoms with Crippen molar-refractivity contribution in [2.45, 2.75) is 33.3 Å². The second-order valence-electron chi connectivity index (χ2n) is 7.40. The lowest BCUT2D eigenvalue weighted by molar-refractivity contribution is 0.00694. The second kappa shape index (κ2) is 7.20. The quantitative estimate of drug-likeness (QED) is 0.776. The normalized spacial score (nSPS) is 14.0. The fourth-order valence-corrected chi connectivity index (χ4v) is 2.90. The van der Waals surface area contributed by atoms with E-state index in [0.29, 0.717) is 16.9 Å². The van der Waals surface area contributed by atoms with Gasteiger partial charge in [-0.15, -0.1) is 0 Å². The number of fused-ring (bicyclic) bond motifs is 1. The minimum absolute atomic E-state index is 0.0445. The van der Waals surface area contributed by atoms with Gasteiger partial charge in [-0.05, 0) is 58.0 Å². The van der Waals surface area contributed by atoms with Gasteiger partial charge in [0.15, 0.2) is 0 Å². The average Bonchev–Trinajstić information content (AvgIpc) is 2.62. The molecule has 7 heteroatoms. The van der Waals surface area contributed by atoms with Crippen LogP contribution in [0, 0.1) is 6.92 Å². The zero-order valence-electron chi connectivity index (χ0n) is 15.9. The molecule has 0 atom stereocenters. The SMILES string of the molecule is Cc1ccc2c(n1)C(=O)C(Cl)=C(Nc1cccc(C(=O)OC(C)(C)C)c1)C2=O. The molecule has 1 aliphatic carbocycles. The van der Waals surface area contributed by atoms with Crippen LogP contribution >= 0.6 is 11.6 Å².